The summed E-state index contributed by atoms with van der Waals surface area (Å²) in [5.74, 6) is 1.33. The molecular formula is C16H24N2O3. The zero-order valence-corrected chi connectivity index (χ0v) is 13.0. The number of benzene rings is 1. The van der Waals surface area contributed by atoms with Crippen LogP contribution in [-0.4, -0.2) is 37.1 Å². The standard InChI is InChI=1S/C16H24N2O3/c1-4-18(12-5-6-12)16(19)10-21-15-9-13(20-3)7-8-14(15)11(2)17/h7-9,11-12H,4-6,10,17H2,1-3H3/t11-/m0/s1. The molecule has 0 aromatic heterocycles. The van der Waals surface area contributed by atoms with Gasteiger partial charge in [-0.05, 0) is 32.8 Å². The summed E-state index contributed by atoms with van der Waals surface area (Å²) in [7, 11) is 1.60. The topological polar surface area (TPSA) is 64.8 Å². The van der Waals surface area contributed by atoms with Crippen molar-refractivity contribution in [1.29, 1.82) is 0 Å². The molecule has 116 valence electrons. The summed E-state index contributed by atoms with van der Waals surface area (Å²) < 4.78 is 10.9. The van der Waals surface area contributed by atoms with Crippen LogP contribution < -0.4 is 15.2 Å². The van der Waals surface area contributed by atoms with Crippen LogP contribution in [0.5, 0.6) is 11.5 Å². The molecule has 1 amide bonds. The van der Waals surface area contributed by atoms with E-state index < -0.39 is 0 Å². The normalized spacial score (nSPS) is 15.4. The van der Waals surface area contributed by atoms with Crippen LogP contribution in [0.25, 0.3) is 0 Å². The summed E-state index contributed by atoms with van der Waals surface area (Å²) in [6, 6.07) is 5.74. The van der Waals surface area contributed by atoms with Gasteiger partial charge >= 0.3 is 0 Å². The number of amides is 1. The fraction of sp³-hybridized carbons (Fsp3) is 0.562. The van der Waals surface area contributed by atoms with Crippen molar-refractivity contribution in [3.63, 3.8) is 0 Å². The smallest absolute Gasteiger partial charge is 0.260 e. The van der Waals surface area contributed by atoms with Crippen LogP contribution in [0.1, 0.15) is 38.3 Å². The van der Waals surface area contributed by atoms with Gasteiger partial charge in [-0.15, -0.1) is 0 Å². The zero-order valence-electron chi connectivity index (χ0n) is 13.0. The second-order valence-corrected chi connectivity index (χ2v) is 5.39. The van der Waals surface area contributed by atoms with Gasteiger partial charge in [-0.2, -0.15) is 0 Å². The number of ether oxygens (including phenoxy) is 2. The van der Waals surface area contributed by atoms with E-state index in [4.69, 9.17) is 15.2 Å². The third-order valence-electron chi connectivity index (χ3n) is 3.71. The molecule has 0 saturated heterocycles. The average molecular weight is 292 g/mol. The summed E-state index contributed by atoms with van der Waals surface area (Å²) in [4.78, 5) is 14.1. The van der Waals surface area contributed by atoms with Crippen LogP contribution in [0, 0.1) is 0 Å². The molecule has 0 bridgehead atoms. The number of rotatable bonds is 7. The summed E-state index contributed by atoms with van der Waals surface area (Å²) in [6.45, 7) is 4.65. The molecule has 0 radical (unpaired) electrons. The molecular weight excluding hydrogens is 268 g/mol. The summed E-state index contributed by atoms with van der Waals surface area (Å²) in [5.41, 5.74) is 6.81. The van der Waals surface area contributed by atoms with E-state index in [-0.39, 0.29) is 18.6 Å². The maximum Gasteiger partial charge on any atom is 0.260 e. The van der Waals surface area contributed by atoms with Crippen LogP contribution in [0.2, 0.25) is 0 Å². The van der Waals surface area contributed by atoms with E-state index in [1.165, 1.54) is 0 Å². The first-order valence-corrected chi connectivity index (χ1v) is 7.42. The van der Waals surface area contributed by atoms with Gasteiger partial charge in [0, 0.05) is 30.3 Å². The molecule has 2 N–H and O–H groups in total. The minimum Gasteiger partial charge on any atom is -0.497 e. The maximum absolute atomic E-state index is 12.2. The maximum atomic E-state index is 12.2. The van der Waals surface area contributed by atoms with Crippen molar-refractivity contribution in [3.8, 4) is 11.5 Å². The Morgan fingerprint density at radius 2 is 2.19 bits per heavy atom. The van der Waals surface area contributed by atoms with Crippen molar-refractivity contribution in [2.45, 2.75) is 38.8 Å². The number of carbonyl (C=O) groups excluding carboxylic acids is 1. The molecule has 1 aliphatic carbocycles. The Labute approximate surface area is 126 Å². The predicted molar refractivity (Wildman–Crippen MR) is 81.5 cm³/mol. The SMILES string of the molecule is CCN(C(=O)COc1cc(OC)ccc1[C@H](C)N)C1CC1. The summed E-state index contributed by atoms with van der Waals surface area (Å²) >= 11 is 0. The largest absolute Gasteiger partial charge is 0.497 e. The van der Waals surface area contributed by atoms with E-state index in [0.29, 0.717) is 17.5 Å². The number of hydrogen-bond donors (Lipinski definition) is 1. The van der Waals surface area contributed by atoms with Crippen molar-refractivity contribution >= 4 is 5.91 Å². The first kappa shape index (κ1) is 15.6. The van der Waals surface area contributed by atoms with Gasteiger partial charge in [0.2, 0.25) is 0 Å². The molecule has 0 spiro atoms. The van der Waals surface area contributed by atoms with Gasteiger partial charge in [0.1, 0.15) is 11.5 Å². The van der Waals surface area contributed by atoms with Crippen LogP contribution >= 0.6 is 0 Å². The molecule has 1 aliphatic rings. The van der Waals surface area contributed by atoms with E-state index in [1.807, 2.05) is 30.9 Å². The molecule has 0 aliphatic heterocycles. The third kappa shape index (κ3) is 3.88. The fourth-order valence-electron chi connectivity index (χ4n) is 2.39. The highest BCUT2D eigenvalue weighted by Gasteiger charge is 2.31. The van der Waals surface area contributed by atoms with E-state index >= 15 is 0 Å². The highest BCUT2D eigenvalue weighted by atomic mass is 16.5. The van der Waals surface area contributed by atoms with Crippen molar-refractivity contribution in [3.05, 3.63) is 23.8 Å². The lowest BCUT2D eigenvalue weighted by Gasteiger charge is -2.21. The highest BCUT2D eigenvalue weighted by molar-refractivity contribution is 5.78. The highest BCUT2D eigenvalue weighted by Crippen LogP contribution is 2.29. The minimum atomic E-state index is -0.160. The van der Waals surface area contributed by atoms with Gasteiger partial charge in [0.05, 0.1) is 7.11 Å². The van der Waals surface area contributed by atoms with Crippen LogP contribution in [0.3, 0.4) is 0 Å². The first-order valence-electron chi connectivity index (χ1n) is 7.42. The Balaban J connectivity index is 2.05. The summed E-state index contributed by atoms with van der Waals surface area (Å²) in [6.07, 6.45) is 2.20. The second kappa shape index (κ2) is 6.80. The molecule has 1 fully saturated rings. The molecule has 1 saturated carbocycles. The van der Waals surface area contributed by atoms with Gasteiger partial charge in [-0.1, -0.05) is 6.07 Å². The lowest BCUT2D eigenvalue weighted by molar-refractivity contribution is -0.133. The Morgan fingerprint density at radius 1 is 1.48 bits per heavy atom. The number of carbonyl (C=O) groups is 1. The molecule has 5 heteroatoms. The average Bonchev–Trinajstić information content (AvgIpc) is 3.30. The second-order valence-electron chi connectivity index (χ2n) is 5.39. The van der Waals surface area contributed by atoms with E-state index in [2.05, 4.69) is 0 Å². The molecule has 5 nitrogen and oxygen atoms in total. The fourth-order valence-corrected chi connectivity index (χ4v) is 2.39. The molecule has 2 rings (SSSR count). The quantitative estimate of drug-likeness (QED) is 0.836. The Morgan fingerprint density at radius 3 is 2.71 bits per heavy atom. The van der Waals surface area contributed by atoms with Gasteiger partial charge in [-0.3, -0.25) is 4.79 Å². The van der Waals surface area contributed by atoms with E-state index in [0.717, 1.165) is 24.9 Å². The van der Waals surface area contributed by atoms with E-state index in [9.17, 15) is 4.79 Å². The predicted octanol–water partition coefficient (Wildman–Crippen LogP) is 2.10. The third-order valence-corrected chi connectivity index (χ3v) is 3.71. The molecule has 21 heavy (non-hydrogen) atoms. The van der Waals surface area contributed by atoms with Crippen LogP contribution in [0.4, 0.5) is 0 Å². The molecule has 0 unspecified atom stereocenters. The van der Waals surface area contributed by atoms with Crippen molar-refractivity contribution in [1.82, 2.24) is 4.90 Å². The number of methoxy groups -OCH3 is 1. The lowest BCUT2D eigenvalue weighted by atomic mass is 10.1. The monoisotopic (exact) mass is 292 g/mol. The van der Waals surface area contributed by atoms with Gasteiger partial charge in [0.25, 0.3) is 5.91 Å². The molecule has 1 aromatic rings. The number of hydrogen-bond acceptors (Lipinski definition) is 4. The van der Waals surface area contributed by atoms with Crippen molar-refractivity contribution in [2.75, 3.05) is 20.3 Å². The van der Waals surface area contributed by atoms with Gasteiger partial charge < -0.3 is 20.1 Å². The Hall–Kier alpha value is -1.75. The van der Waals surface area contributed by atoms with Crippen molar-refractivity contribution in [2.24, 2.45) is 5.73 Å². The molecule has 1 atom stereocenters. The zero-order chi connectivity index (χ0) is 15.4. The number of nitrogens with zero attached hydrogens (tertiary/aromatic N) is 1. The molecule has 1 aromatic carbocycles. The van der Waals surface area contributed by atoms with Gasteiger partial charge in [-0.25, -0.2) is 0 Å². The number of nitrogens with two attached hydrogens (primary N) is 1. The van der Waals surface area contributed by atoms with Gasteiger partial charge in [0.15, 0.2) is 6.61 Å². The minimum absolute atomic E-state index is 0.0263. The first-order chi connectivity index (χ1) is 10.1. The van der Waals surface area contributed by atoms with Crippen molar-refractivity contribution < 1.29 is 14.3 Å². The Bertz CT molecular complexity index is 498. The lowest BCUT2D eigenvalue weighted by Crippen LogP contribution is -2.36. The molecule has 0 heterocycles. The number of likely N-dealkylation sites (N-methyl/N-ethyl adjacent to an activating group) is 1. The summed E-state index contributed by atoms with van der Waals surface area (Å²) in [5, 5.41) is 0. The Kier molecular flexibility index (Phi) is 5.07. The van der Waals surface area contributed by atoms with Crippen LogP contribution in [0.15, 0.2) is 18.2 Å². The van der Waals surface area contributed by atoms with E-state index in [1.54, 1.807) is 13.2 Å². The van der Waals surface area contributed by atoms with Crippen LogP contribution in [-0.2, 0) is 4.79 Å².